The molecule has 1 aromatic rings. The highest BCUT2D eigenvalue weighted by Gasteiger charge is 2.33. The molecule has 1 aromatic carbocycles. The number of halogens is 1. The van der Waals surface area contributed by atoms with Gasteiger partial charge in [-0.2, -0.15) is 0 Å². The van der Waals surface area contributed by atoms with Gasteiger partial charge in [0.25, 0.3) is 0 Å². The fourth-order valence-electron chi connectivity index (χ4n) is 3.37. The Morgan fingerprint density at radius 3 is 2.54 bits per heavy atom. The molecule has 2 saturated heterocycles. The largest absolute Gasteiger partial charge is 0.497 e. The number of ether oxygens (including phenoxy) is 1. The molecule has 2 heterocycles. The Morgan fingerprint density at radius 1 is 1.23 bits per heavy atom. The quantitative estimate of drug-likeness (QED) is 0.768. The summed E-state index contributed by atoms with van der Waals surface area (Å²) in [5, 5.41) is 12.6. The monoisotopic (exact) mass is 383 g/mol. The Hall–Kier alpha value is -1.83. The van der Waals surface area contributed by atoms with E-state index >= 15 is 0 Å². The van der Waals surface area contributed by atoms with Crippen molar-refractivity contribution in [2.75, 3.05) is 39.8 Å². The SMILES string of the molecule is COc1cccc(CC(=O)N2CCN(C(=O)C3CC(O)CN3)CC2)c1.Cl. The number of methoxy groups -OCH3 is 1. The molecule has 0 bridgehead atoms. The van der Waals surface area contributed by atoms with E-state index in [1.807, 2.05) is 24.3 Å². The molecule has 0 spiro atoms. The minimum atomic E-state index is -0.445. The third-order valence-corrected chi connectivity index (χ3v) is 4.84. The van der Waals surface area contributed by atoms with Gasteiger partial charge in [-0.25, -0.2) is 0 Å². The van der Waals surface area contributed by atoms with E-state index in [2.05, 4.69) is 5.32 Å². The molecule has 7 nitrogen and oxygen atoms in total. The van der Waals surface area contributed by atoms with Crippen molar-refractivity contribution in [2.45, 2.75) is 25.0 Å². The van der Waals surface area contributed by atoms with Crippen molar-refractivity contribution in [3.05, 3.63) is 29.8 Å². The number of nitrogens with one attached hydrogen (secondary N) is 1. The number of hydrogen-bond donors (Lipinski definition) is 2. The molecule has 3 rings (SSSR count). The van der Waals surface area contributed by atoms with E-state index in [1.165, 1.54) is 0 Å². The second-order valence-corrected chi connectivity index (χ2v) is 6.58. The lowest BCUT2D eigenvalue weighted by molar-refractivity contribution is -0.140. The minimum absolute atomic E-state index is 0. The first-order valence-electron chi connectivity index (χ1n) is 8.68. The van der Waals surface area contributed by atoms with Gasteiger partial charge in [0.1, 0.15) is 5.75 Å². The number of nitrogens with zero attached hydrogens (tertiary/aromatic N) is 2. The van der Waals surface area contributed by atoms with E-state index in [4.69, 9.17) is 4.74 Å². The van der Waals surface area contributed by atoms with Crippen LogP contribution in [0.2, 0.25) is 0 Å². The molecule has 0 aliphatic carbocycles. The highest BCUT2D eigenvalue weighted by atomic mass is 35.5. The number of benzene rings is 1. The maximum Gasteiger partial charge on any atom is 0.239 e. The van der Waals surface area contributed by atoms with Crippen LogP contribution >= 0.6 is 12.4 Å². The number of piperazine rings is 1. The number of hydrogen-bond acceptors (Lipinski definition) is 5. The molecule has 0 radical (unpaired) electrons. The van der Waals surface area contributed by atoms with Crippen LogP contribution < -0.4 is 10.1 Å². The summed E-state index contributed by atoms with van der Waals surface area (Å²) in [6.07, 6.45) is 0.356. The predicted molar refractivity (Wildman–Crippen MR) is 99.5 cm³/mol. The number of aliphatic hydroxyl groups excluding tert-OH is 1. The van der Waals surface area contributed by atoms with Gasteiger partial charge in [-0.1, -0.05) is 12.1 Å². The van der Waals surface area contributed by atoms with E-state index in [-0.39, 0.29) is 30.3 Å². The van der Waals surface area contributed by atoms with Crippen LogP contribution in [0.25, 0.3) is 0 Å². The zero-order chi connectivity index (χ0) is 17.8. The van der Waals surface area contributed by atoms with Crippen LogP contribution in [0.15, 0.2) is 24.3 Å². The lowest BCUT2D eigenvalue weighted by Gasteiger charge is -2.36. The molecule has 0 aromatic heterocycles. The highest BCUT2D eigenvalue weighted by molar-refractivity contribution is 5.85. The van der Waals surface area contributed by atoms with E-state index in [0.717, 1.165) is 11.3 Å². The third kappa shape index (κ3) is 4.87. The normalized spacial score (nSPS) is 22.7. The molecule has 2 amide bonds. The van der Waals surface area contributed by atoms with Crippen molar-refractivity contribution in [3.63, 3.8) is 0 Å². The molecule has 2 atom stereocenters. The van der Waals surface area contributed by atoms with Gasteiger partial charge in [0.05, 0.1) is 25.7 Å². The van der Waals surface area contributed by atoms with Crippen LogP contribution in [0.3, 0.4) is 0 Å². The van der Waals surface area contributed by atoms with Gasteiger partial charge in [0.2, 0.25) is 11.8 Å². The molecule has 26 heavy (non-hydrogen) atoms. The number of carbonyl (C=O) groups excluding carboxylic acids is 2. The summed E-state index contributed by atoms with van der Waals surface area (Å²) in [5.41, 5.74) is 0.923. The Kier molecular flexibility index (Phi) is 7.25. The van der Waals surface area contributed by atoms with Gasteiger partial charge in [-0.3, -0.25) is 9.59 Å². The Bertz CT molecular complexity index is 635. The molecule has 2 unspecified atom stereocenters. The third-order valence-electron chi connectivity index (χ3n) is 4.84. The molecular formula is C18H26ClN3O4. The van der Waals surface area contributed by atoms with Crippen molar-refractivity contribution in [2.24, 2.45) is 0 Å². The average Bonchev–Trinajstić information content (AvgIpc) is 3.07. The summed E-state index contributed by atoms with van der Waals surface area (Å²) in [7, 11) is 1.61. The summed E-state index contributed by atoms with van der Waals surface area (Å²) in [4.78, 5) is 28.5. The van der Waals surface area contributed by atoms with Crippen molar-refractivity contribution in [1.82, 2.24) is 15.1 Å². The second-order valence-electron chi connectivity index (χ2n) is 6.58. The fourth-order valence-corrected chi connectivity index (χ4v) is 3.37. The van der Waals surface area contributed by atoms with Gasteiger partial charge < -0.3 is 25.0 Å². The van der Waals surface area contributed by atoms with Crippen LogP contribution in [0, 0.1) is 0 Å². The predicted octanol–water partition coefficient (Wildman–Crippen LogP) is 0.0531. The van der Waals surface area contributed by atoms with E-state index in [1.54, 1.807) is 16.9 Å². The van der Waals surface area contributed by atoms with Gasteiger partial charge in [0.15, 0.2) is 0 Å². The van der Waals surface area contributed by atoms with Gasteiger partial charge in [-0.05, 0) is 24.1 Å². The van der Waals surface area contributed by atoms with Crippen molar-refractivity contribution in [1.29, 1.82) is 0 Å². The van der Waals surface area contributed by atoms with Crippen molar-refractivity contribution in [3.8, 4) is 5.75 Å². The Labute approximate surface area is 159 Å². The Morgan fingerprint density at radius 2 is 1.92 bits per heavy atom. The molecular weight excluding hydrogens is 358 g/mol. The molecule has 8 heteroatoms. The first-order valence-corrected chi connectivity index (χ1v) is 8.68. The van der Waals surface area contributed by atoms with Crippen LogP contribution in [0.4, 0.5) is 0 Å². The highest BCUT2D eigenvalue weighted by Crippen LogP contribution is 2.15. The zero-order valence-corrected chi connectivity index (χ0v) is 15.7. The van der Waals surface area contributed by atoms with Gasteiger partial charge in [-0.15, -0.1) is 12.4 Å². The van der Waals surface area contributed by atoms with Crippen LogP contribution in [-0.2, 0) is 16.0 Å². The van der Waals surface area contributed by atoms with Crippen LogP contribution in [-0.4, -0.2) is 78.7 Å². The van der Waals surface area contributed by atoms with Gasteiger partial charge >= 0.3 is 0 Å². The number of aliphatic hydroxyl groups is 1. The topological polar surface area (TPSA) is 82.1 Å². The first kappa shape index (κ1) is 20.5. The fraction of sp³-hybridized carbons (Fsp3) is 0.556. The summed E-state index contributed by atoms with van der Waals surface area (Å²) >= 11 is 0. The number of rotatable bonds is 4. The Balaban J connectivity index is 0.00000243. The zero-order valence-electron chi connectivity index (χ0n) is 14.9. The van der Waals surface area contributed by atoms with Crippen LogP contribution in [0.1, 0.15) is 12.0 Å². The van der Waals surface area contributed by atoms with Crippen molar-refractivity contribution < 1.29 is 19.4 Å². The van der Waals surface area contributed by atoms with Crippen LogP contribution in [0.5, 0.6) is 5.75 Å². The minimum Gasteiger partial charge on any atom is -0.497 e. The lowest BCUT2D eigenvalue weighted by Crippen LogP contribution is -2.54. The molecule has 144 valence electrons. The number of carbonyl (C=O) groups is 2. The maximum absolute atomic E-state index is 12.5. The lowest BCUT2D eigenvalue weighted by atomic mass is 10.1. The summed E-state index contributed by atoms with van der Waals surface area (Å²) in [6.45, 7) is 2.64. The molecule has 2 aliphatic heterocycles. The second kappa shape index (κ2) is 9.21. The summed E-state index contributed by atoms with van der Waals surface area (Å²) < 4.78 is 5.19. The maximum atomic E-state index is 12.5. The first-order chi connectivity index (χ1) is 12.1. The van der Waals surface area contributed by atoms with E-state index in [9.17, 15) is 14.7 Å². The molecule has 2 N–H and O–H groups in total. The molecule has 2 fully saturated rings. The molecule has 0 saturated carbocycles. The van der Waals surface area contributed by atoms with E-state index < -0.39 is 6.10 Å². The average molecular weight is 384 g/mol. The standard InChI is InChI=1S/C18H25N3O4.ClH/c1-25-15-4-2-3-13(9-15)10-17(23)20-5-7-21(8-6-20)18(24)16-11-14(22)12-19-16;/h2-4,9,14,16,19,22H,5-8,10-12H2,1H3;1H. The summed E-state index contributed by atoms with van der Waals surface area (Å²) in [5.74, 6) is 0.832. The smallest absolute Gasteiger partial charge is 0.239 e. The van der Waals surface area contributed by atoms with Crippen molar-refractivity contribution >= 4 is 24.2 Å². The van der Waals surface area contributed by atoms with Gasteiger partial charge in [0, 0.05) is 32.7 Å². The number of β-amino-alcohol motifs (C(OH)–C–C–N with tert-alkyl or cyclic N) is 1. The number of amides is 2. The van der Waals surface area contributed by atoms with E-state index in [0.29, 0.717) is 45.6 Å². The summed E-state index contributed by atoms with van der Waals surface area (Å²) in [6, 6.07) is 7.22. The molecule has 2 aliphatic rings.